The Morgan fingerprint density at radius 2 is 2.20 bits per heavy atom. The van der Waals surface area contributed by atoms with E-state index in [1.165, 1.54) is 4.90 Å². The van der Waals surface area contributed by atoms with Crippen molar-refractivity contribution in [3.8, 4) is 0 Å². The lowest BCUT2D eigenvalue weighted by molar-refractivity contribution is -0.126. The van der Waals surface area contributed by atoms with Crippen molar-refractivity contribution < 1.29 is 9.59 Å². The van der Waals surface area contributed by atoms with E-state index in [-0.39, 0.29) is 24.5 Å². The highest BCUT2D eigenvalue weighted by molar-refractivity contribution is 5.97. The molecule has 0 spiro atoms. The van der Waals surface area contributed by atoms with E-state index in [0.717, 1.165) is 17.7 Å². The highest BCUT2D eigenvalue weighted by Crippen LogP contribution is 2.26. The van der Waals surface area contributed by atoms with E-state index in [0.29, 0.717) is 19.6 Å². The molecule has 2 aliphatic heterocycles. The van der Waals surface area contributed by atoms with E-state index >= 15 is 0 Å². The molecule has 0 aromatic heterocycles. The zero-order valence-electron chi connectivity index (χ0n) is 11.2. The third kappa shape index (κ3) is 2.34. The van der Waals surface area contributed by atoms with Crippen LogP contribution in [0.3, 0.4) is 0 Å². The van der Waals surface area contributed by atoms with Crippen LogP contribution in [-0.2, 0) is 11.2 Å². The van der Waals surface area contributed by atoms with Gasteiger partial charge in [-0.2, -0.15) is 0 Å². The molecular formula is C14H18N4O2. The van der Waals surface area contributed by atoms with Crippen LogP contribution >= 0.6 is 0 Å². The second kappa shape index (κ2) is 5.13. The molecule has 6 heteroatoms. The van der Waals surface area contributed by atoms with Gasteiger partial charge in [-0.1, -0.05) is 18.2 Å². The highest BCUT2D eigenvalue weighted by Gasteiger charge is 2.29. The minimum Gasteiger partial charge on any atom is -0.360 e. The van der Waals surface area contributed by atoms with Gasteiger partial charge in [0.2, 0.25) is 5.91 Å². The van der Waals surface area contributed by atoms with Gasteiger partial charge < -0.3 is 16.0 Å². The normalized spacial score (nSPS) is 21.6. The number of para-hydroxylation sites is 1. The minimum atomic E-state index is -0.301. The SMILES string of the molecule is NC1Cc2ccccc2N(CC(=O)N2CCNC2=O)C1. The molecule has 2 aliphatic rings. The van der Waals surface area contributed by atoms with Gasteiger partial charge in [-0.25, -0.2) is 4.79 Å². The molecule has 1 fully saturated rings. The van der Waals surface area contributed by atoms with Crippen LogP contribution in [0, 0.1) is 0 Å². The first kappa shape index (κ1) is 12.9. The molecule has 20 heavy (non-hydrogen) atoms. The van der Waals surface area contributed by atoms with Gasteiger partial charge in [-0.3, -0.25) is 9.69 Å². The van der Waals surface area contributed by atoms with Crippen molar-refractivity contribution in [2.75, 3.05) is 31.1 Å². The summed E-state index contributed by atoms with van der Waals surface area (Å²) in [7, 11) is 0. The summed E-state index contributed by atoms with van der Waals surface area (Å²) >= 11 is 0. The monoisotopic (exact) mass is 274 g/mol. The number of amides is 3. The van der Waals surface area contributed by atoms with Gasteiger partial charge in [0.05, 0.1) is 6.54 Å². The quantitative estimate of drug-likeness (QED) is 0.791. The number of urea groups is 1. The summed E-state index contributed by atoms with van der Waals surface area (Å²) in [5.41, 5.74) is 8.25. The van der Waals surface area contributed by atoms with Gasteiger partial charge >= 0.3 is 6.03 Å². The standard InChI is InChI=1S/C14H18N4O2/c15-11-7-10-3-1-2-4-12(10)17(8-11)9-13(19)18-6-5-16-14(18)20/h1-4,11H,5-9,15H2,(H,16,20). The largest absolute Gasteiger partial charge is 0.360 e. The fourth-order valence-corrected chi connectivity index (χ4v) is 2.83. The second-order valence-corrected chi connectivity index (χ2v) is 5.25. The van der Waals surface area contributed by atoms with Gasteiger partial charge in [0.1, 0.15) is 0 Å². The van der Waals surface area contributed by atoms with E-state index < -0.39 is 0 Å². The molecule has 0 radical (unpaired) electrons. The number of hydrogen-bond acceptors (Lipinski definition) is 4. The molecule has 3 amide bonds. The lowest BCUT2D eigenvalue weighted by Gasteiger charge is -2.34. The van der Waals surface area contributed by atoms with Crippen molar-refractivity contribution >= 4 is 17.6 Å². The molecule has 1 atom stereocenters. The summed E-state index contributed by atoms with van der Waals surface area (Å²) in [5, 5.41) is 2.64. The Morgan fingerprint density at radius 1 is 1.40 bits per heavy atom. The van der Waals surface area contributed by atoms with Crippen molar-refractivity contribution in [1.82, 2.24) is 10.2 Å². The number of rotatable bonds is 2. The number of benzene rings is 1. The highest BCUT2D eigenvalue weighted by atomic mass is 16.2. The molecule has 6 nitrogen and oxygen atoms in total. The predicted molar refractivity (Wildman–Crippen MR) is 75.4 cm³/mol. The van der Waals surface area contributed by atoms with Crippen LogP contribution in [0.5, 0.6) is 0 Å². The van der Waals surface area contributed by atoms with Crippen molar-refractivity contribution in [2.45, 2.75) is 12.5 Å². The van der Waals surface area contributed by atoms with E-state index in [1.807, 2.05) is 29.2 Å². The third-order valence-electron chi connectivity index (χ3n) is 3.75. The third-order valence-corrected chi connectivity index (χ3v) is 3.75. The maximum Gasteiger partial charge on any atom is 0.324 e. The topological polar surface area (TPSA) is 78.7 Å². The maximum absolute atomic E-state index is 12.2. The number of nitrogens with two attached hydrogens (primary N) is 1. The molecule has 106 valence electrons. The fraction of sp³-hybridized carbons (Fsp3) is 0.429. The summed E-state index contributed by atoms with van der Waals surface area (Å²) in [6, 6.07) is 7.68. The number of carbonyl (C=O) groups is 2. The van der Waals surface area contributed by atoms with Crippen LogP contribution in [-0.4, -0.2) is 49.1 Å². The van der Waals surface area contributed by atoms with Gasteiger partial charge in [-0.15, -0.1) is 0 Å². The van der Waals surface area contributed by atoms with Crippen LogP contribution in [0.2, 0.25) is 0 Å². The summed E-state index contributed by atoms with van der Waals surface area (Å²) < 4.78 is 0. The van der Waals surface area contributed by atoms with Crippen molar-refractivity contribution in [2.24, 2.45) is 5.73 Å². The Labute approximate surface area is 117 Å². The lowest BCUT2D eigenvalue weighted by atomic mass is 9.98. The van der Waals surface area contributed by atoms with E-state index in [9.17, 15) is 9.59 Å². The molecule has 0 aliphatic carbocycles. The molecule has 3 rings (SSSR count). The summed E-state index contributed by atoms with van der Waals surface area (Å²) in [6.07, 6.45) is 0.824. The number of nitrogens with one attached hydrogen (secondary N) is 1. The Hall–Kier alpha value is -2.08. The number of nitrogens with zero attached hydrogens (tertiary/aromatic N) is 2. The summed E-state index contributed by atoms with van der Waals surface area (Å²) in [6.45, 7) is 1.80. The van der Waals surface area contributed by atoms with Crippen molar-refractivity contribution in [3.63, 3.8) is 0 Å². The Kier molecular flexibility index (Phi) is 3.31. The average molecular weight is 274 g/mol. The minimum absolute atomic E-state index is 0.0186. The van der Waals surface area contributed by atoms with Gasteiger partial charge in [0.25, 0.3) is 0 Å². The average Bonchev–Trinajstić information content (AvgIpc) is 2.85. The molecule has 1 aromatic carbocycles. The Morgan fingerprint density at radius 3 is 2.95 bits per heavy atom. The van der Waals surface area contributed by atoms with Crippen LogP contribution in [0.4, 0.5) is 10.5 Å². The maximum atomic E-state index is 12.2. The van der Waals surface area contributed by atoms with Crippen molar-refractivity contribution in [1.29, 1.82) is 0 Å². The van der Waals surface area contributed by atoms with E-state index in [1.54, 1.807) is 0 Å². The predicted octanol–water partition coefficient (Wildman–Crippen LogP) is -0.0718. The van der Waals surface area contributed by atoms with Crippen LogP contribution in [0.1, 0.15) is 5.56 Å². The number of anilines is 1. The Bertz CT molecular complexity index is 546. The van der Waals surface area contributed by atoms with Crippen LogP contribution < -0.4 is 16.0 Å². The zero-order valence-corrected chi connectivity index (χ0v) is 11.2. The van der Waals surface area contributed by atoms with Crippen LogP contribution in [0.25, 0.3) is 0 Å². The molecule has 1 aromatic rings. The molecular weight excluding hydrogens is 256 g/mol. The molecule has 1 saturated heterocycles. The van der Waals surface area contributed by atoms with Crippen molar-refractivity contribution in [3.05, 3.63) is 29.8 Å². The van der Waals surface area contributed by atoms with Crippen LogP contribution in [0.15, 0.2) is 24.3 Å². The summed E-state index contributed by atoms with van der Waals surface area (Å²) in [5.74, 6) is -0.177. The molecule has 1 unspecified atom stereocenters. The second-order valence-electron chi connectivity index (χ2n) is 5.25. The molecule has 0 bridgehead atoms. The number of hydrogen-bond donors (Lipinski definition) is 2. The molecule has 0 saturated carbocycles. The van der Waals surface area contributed by atoms with Gasteiger partial charge in [-0.05, 0) is 18.1 Å². The molecule has 3 N–H and O–H groups in total. The first-order valence-corrected chi connectivity index (χ1v) is 6.82. The Balaban J connectivity index is 1.77. The fourth-order valence-electron chi connectivity index (χ4n) is 2.83. The first-order chi connectivity index (χ1) is 9.65. The van der Waals surface area contributed by atoms with E-state index in [2.05, 4.69) is 5.32 Å². The van der Waals surface area contributed by atoms with E-state index in [4.69, 9.17) is 5.73 Å². The summed E-state index contributed by atoms with van der Waals surface area (Å²) in [4.78, 5) is 27.0. The number of fused-ring (bicyclic) bond motifs is 1. The van der Waals surface area contributed by atoms with Gasteiger partial charge in [0, 0.05) is 31.4 Å². The van der Waals surface area contributed by atoms with Gasteiger partial charge in [0.15, 0.2) is 0 Å². The number of imide groups is 1. The lowest BCUT2D eigenvalue weighted by Crippen LogP contribution is -2.48. The number of carbonyl (C=O) groups excluding carboxylic acids is 2. The first-order valence-electron chi connectivity index (χ1n) is 6.82. The smallest absolute Gasteiger partial charge is 0.324 e. The molecule has 2 heterocycles. The zero-order chi connectivity index (χ0) is 14.1.